The predicted octanol–water partition coefficient (Wildman–Crippen LogP) is 1.30. The molecule has 2 heterocycles. The average Bonchev–Trinajstić information content (AvgIpc) is 2.53. The number of likely N-dealkylation sites (tertiary alicyclic amines) is 1. The molecule has 1 saturated heterocycles. The summed E-state index contributed by atoms with van der Waals surface area (Å²) in [6.07, 6.45) is 3.72. The monoisotopic (exact) mass is 325 g/mol. The summed E-state index contributed by atoms with van der Waals surface area (Å²) in [6, 6.07) is 9.28. The van der Waals surface area contributed by atoms with Crippen LogP contribution in [0.5, 0.6) is 0 Å². The van der Waals surface area contributed by atoms with Gasteiger partial charge in [-0.2, -0.15) is 0 Å². The molecule has 1 aromatic heterocycles. The Kier molecular flexibility index (Phi) is 4.69. The number of benzene rings is 1. The van der Waals surface area contributed by atoms with Crippen molar-refractivity contribution in [2.75, 3.05) is 23.7 Å². The number of amides is 2. The lowest BCUT2D eigenvalue weighted by atomic mass is 10.1. The number of carbonyl (C=O) groups is 2. The van der Waals surface area contributed by atoms with Crippen LogP contribution in [0.4, 0.5) is 11.6 Å². The molecule has 0 atom stereocenters. The topological polar surface area (TPSA) is 87.2 Å². The maximum absolute atomic E-state index is 12.3. The minimum Gasteiger partial charge on any atom is -0.348 e. The fraction of sp³-hybridized carbons (Fsp3) is 0.294. The highest BCUT2D eigenvalue weighted by Gasteiger charge is 2.30. The number of aromatic nitrogens is 2. The average molecular weight is 325 g/mol. The summed E-state index contributed by atoms with van der Waals surface area (Å²) in [6.45, 7) is 2.77. The molecule has 2 amide bonds. The lowest BCUT2D eigenvalue weighted by Crippen LogP contribution is -2.57. The van der Waals surface area contributed by atoms with E-state index in [1.165, 1.54) is 6.92 Å². The number of hydrogen-bond acceptors (Lipinski definition) is 5. The second-order valence-electron chi connectivity index (χ2n) is 5.77. The van der Waals surface area contributed by atoms with Crippen LogP contribution >= 0.6 is 0 Å². The molecule has 2 N–H and O–H groups in total. The van der Waals surface area contributed by atoms with Gasteiger partial charge in [0, 0.05) is 38.1 Å². The lowest BCUT2D eigenvalue weighted by molar-refractivity contribution is -0.134. The molecule has 1 aliphatic heterocycles. The number of rotatable bonds is 5. The van der Waals surface area contributed by atoms with Gasteiger partial charge in [0.15, 0.2) is 0 Å². The van der Waals surface area contributed by atoms with E-state index in [-0.39, 0.29) is 17.9 Å². The highest BCUT2D eigenvalue weighted by atomic mass is 16.2. The zero-order valence-corrected chi connectivity index (χ0v) is 13.4. The molecule has 124 valence electrons. The van der Waals surface area contributed by atoms with E-state index in [4.69, 9.17) is 0 Å². The summed E-state index contributed by atoms with van der Waals surface area (Å²) in [5.41, 5.74) is 1.66. The van der Waals surface area contributed by atoms with Crippen molar-refractivity contribution in [2.24, 2.45) is 0 Å². The van der Waals surface area contributed by atoms with E-state index in [1.54, 1.807) is 30.6 Å². The van der Waals surface area contributed by atoms with E-state index in [2.05, 4.69) is 20.6 Å². The van der Waals surface area contributed by atoms with Gasteiger partial charge in [0.1, 0.15) is 0 Å². The van der Waals surface area contributed by atoms with Crippen molar-refractivity contribution in [3.8, 4) is 0 Å². The number of hydrogen-bond donors (Lipinski definition) is 2. The SMILES string of the molecule is CC(=O)Nc1ccc(CC(=O)N2CC(Nc3ncccn3)C2)cc1. The van der Waals surface area contributed by atoms with Crippen molar-refractivity contribution in [1.82, 2.24) is 14.9 Å². The van der Waals surface area contributed by atoms with Gasteiger partial charge in [0.25, 0.3) is 0 Å². The summed E-state index contributed by atoms with van der Waals surface area (Å²) in [4.78, 5) is 33.3. The van der Waals surface area contributed by atoms with Crippen molar-refractivity contribution in [1.29, 1.82) is 0 Å². The van der Waals surface area contributed by atoms with Crippen molar-refractivity contribution >= 4 is 23.5 Å². The second kappa shape index (κ2) is 7.08. The van der Waals surface area contributed by atoms with Crippen molar-refractivity contribution in [3.63, 3.8) is 0 Å². The van der Waals surface area contributed by atoms with Crippen LogP contribution in [0, 0.1) is 0 Å². The number of nitrogens with one attached hydrogen (secondary N) is 2. The van der Waals surface area contributed by atoms with E-state index >= 15 is 0 Å². The van der Waals surface area contributed by atoms with Gasteiger partial charge in [0.2, 0.25) is 17.8 Å². The van der Waals surface area contributed by atoms with E-state index in [1.807, 2.05) is 17.0 Å². The normalized spacial score (nSPS) is 14.0. The molecule has 7 heteroatoms. The molecule has 0 radical (unpaired) electrons. The minimum atomic E-state index is -0.111. The van der Waals surface area contributed by atoms with E-state index in [0.717, 1.165) is 11.3 Å². The lowest BCUT2D eigenvalue weighted by Gasteiger charge is -2.39. The molecule has 0 bridgehead atoms. The van der Waals surface area contributed by atoms with Crippen LogP contribution < -0.4 is 10.6 Å². The van der Waals surface area contributed by atoms with Crippen LogP contribution in [0.25, 0.3) is 0 Å². The van der Waals surface area contributed by atoms with Crippen LogP contribution in [0.15, 0.2) is 42.7 Å². The first kappa shape index (κ1) is 15.9. The Bertz CT molecular complexity index is 712. The summed E-state index contributed by atoms with van der Waals surface area (Å²) >= 11 is 0. The largest absolute Gasteiger partial charge is 0.348 e. The van der Waals surface area contributed by atoms with E-state index < -0.39 is 0 Å². The third-order valence-electron chi connectivity index (χ3n) is 3.76. The van der Waals surface area contributed by atoms with Crippen LogP contribution in [0.1, 0.15) is 12.5 Å². The Labute approximate surface area is 140 Å². The van der Waals surface area contributed by atoms with Crippen LogP contribution in [0.2, 0.25) is 0 Å². The van der Waals surface area contributed by atoms with Gasteiger partial charge in [-0.1, -0.05) is 12.1 Å². The quantitative estimate of drug-likeness (QED) is 0.865. The first-order valence-electron chi connectivity index (χ1n) is 7.78. The first-order chi connectivity index (χ1) is 11.6. The molecule has 0 unspecified atom stereocenters. The summed E-state index contributed by atoms with van der Waals surface area (Å²) < 4.78 is 0. The highest BCUT2D eigenvalue weighted by molar-refractivity contribution is 5.88. The Hall–Kier alpha value is -2.96. The number of anilines is 2. The Morgan fingerprint density at radius 1 is 1.17 bits per heavy atom. The molecule has 2 aromatic rings. The Morgan fingerprint density at radius 2 is 1.83 bits per heavy atom. The summed E-state index contributed by atoms with van der Waals surface area (Å²) in [5, 5.41) is 5.90. The molecule has 7 nitrogen and oxygen atoms in total. The summed E-state index contributed by atoms with van der Waals surface area (Å²) in [7, 11) is 0. The van der Waals surface area contributed by atoms with Gasteiger partial charge in [-0.15, -0.1) is 0 Å². The molecule has 24 heavy (non-hydrogen) atoms. The van der Waals surface area contributed by atoms with Crippen molar-refractivity contribution in [2.45, 2.75) is 19.4 Å². The second-order valence-corrected chi connectivity index (χ2v) is 5.77. The Balaban J connectivity index is 1.46. The zero-order chi connectivity index (χ0) is 16.9. The smallest absolute Gasteiger partial charge is 0.227 e. The molecule has 0 spiro atoms. The van der Waals surface area contributed by atoms with Gasteiger partial charge >= 0.3 is 0 Å². The maximum Gasteiger partial charge on any atom is 0.227 e. The molecule has 0 saturated carbocycles. The molecule has 1 aromatic carbocycles. The zero-order valence-electron chi connectivity index (χ0n) is 13.4. The van der Waals surface area contributed by atoms with E-state index in [0.29, 0.717) is 25.5 Å². The van der Waals surface area contributed by atoms with Gasteiger partial charge in [-0.05, 0) is 23.8 Å². The third kappa shape index (κ3) is 4.07. The van der Waals surface area contributed by atoms with Gasteiger partial charge in [0.05, 0.1) is 12.5 Å². The predicted molar refractivity (Wildman–Crippen MR) is 90.5 cm³/mol. The van der Waals surface area contributed by atoms with Crippen molar-refractivity contribution < 1.29 is 9.59 Å². The van der Waals surface area contributed by atoms with Crippen LogP contribution in [0.3, 0.4) is 0 Å². The van der Waals surface area contributed by atoms with Gasteiger partial charge in [-0.25, -0.2) is 9.97 Å². The van der Waals surface area contributed by atoms with Crippen LogP contribution in [-0.4, -0.2) is 45.8 Å². The standard InChI is InChI=1S/C17H19N5O2/c1-12(23)20-14-5-3-13(4-6-14)9-16(24)22-10-15(11-22)21-17-18-7-2-8-19-17/h2-8,15H,9-11H2,1H3,(H,20,23)(H,18,19,21). The minimum absolute atomic E-state index is 0.0920. The fourth-order valence-electron chi connectivity index (χ4n) is 2.53. The molecule has 0 aliphatic carbocycles. The summed E-state index contributed by atoms with van der Waals surface area (Å²) in [5.74, 6) is 0.567. The fourth-order valence-corrected chi connectivity index (χ4v) is 2.53. The number of carbonyl (C=O) groups excluding carboxylic acids is 2. The van der Waals surface area contributed by atoms with E-state index in [9.17, 15) is 9.59 Å². The molecular formula is C17H19N5O2. The Morgan fingerprint density at radius 3 is 2.46 bits per heavy atom. The molecule has 1 fully saturated rings. The van der Waals surface area contributed by atoms with Crippen LogP contribution in [-0.2, 0) is 16.0 Å². The van der Waals surface area contributed by atoms with Crippen molar-refractivity contribution in [3.05, 3.63) is 48.3 Å². The van der Waals surface area contributed by atoms with Gasteiger partial charge < -0.3 is 15.5 Å². The third-order valence-corrected chi connectivity index (χ3v) is 3.76. The molecule has 1 aliphatic rings. The number of nitrogens with zero attached hydrogens (tertiary/aromatic N) is 3. The highest BCUT2D eigenvalue weighted by Crippen LogP contribution is 2.15. The first-order valence-corrected chi connectivity index (χ1v) is 7.78. The molecule has 3 rings (SSSR count). The molecular weight excluding hydrogens is 306 g/mol. The van der Waals surface area contributed by atoms with Gasteiger partial charge in [-0.3, -0.25) is 9.59 Å². The maximum atomic E-state index is 12.3.